The summed E-state index contributed by atoms with van der Waals surface area (Å²) < 4.78 is 56.8. The molecule has 1 N–H and O–H groups in total. The van der Waals surface area contributed by atoms with Gasteiger partial charge in [0.05, 0.1) is 41.1 Å². The quantitative estimate of drug-likeness (QED) is 0.258. The summed E-state index contributed by atoms with van der Waals surface area (Å²) in [7, 11) is -5.10. The second-order valence-corrected chi connectivity index (χ2v) is 20.2. The number of ether oxygens (including phenoxy) is 1. The van der Waals surface area contributed by atoms with Crippen LogP contribution in [-0.4, -0.2) is 128 Å². The summed E-state index contributed by atoms with van der Waals surface area (Å²) in [4.78, 5) is 34.3. The van der Waals surface area contributed by atoms with Gasteiger partial charge in [-0.05, 0) is 88.1 Å². The average molecular weight is 873 g/mol. The van der Waals surface area contributed by atoms with Crippen molar-refractivity contribution in [1.29, 1.82) is 0 Å². The molecule has 16 heteroatoms. The predicted octanol–water partition coefficient (Wildman–Crippen LogP) is 5.33. The van der Waals surface area contributed by atoms with E-state index in [1.807, 2.05) is 4.90 Å². The standard InChI is InChI=1S/C23H29N3O4S.C22H27N3O4S/c1-17-5-8-21(18(2)15-17)24-10-12-25(13-11-24)23(27)20-7-6-19(16-22(20)30-3)26-9-4-14-31(26,28)29;1-16-4-7-20(17(2)14-16)23-9-11-24(12-10-23)22(27)19-6-5-18(15-21(19)26)25-8-3-13-30(25,28)29/h5-8,15-16H,4,9-14H2,1-3H3;4-7,14-15,26H,3,8-13H2,1-2H3. The number of amides is 2. The minimum absolute atomic E-state index is 0.0899. The minimum atomic E-state index is -3.33. The van der Waals surface area contributed by atoms with Crippen LogP contribution < -0.4 is 23.1 Å². The zero-order valence-electron chi connectivity index (χ0n) is 35.6. The summed E-state index contributed by atoms with van der Waals surface area (Å²) >= 11 is 0. The first-order chi connectivity index (χ1) is 29.1. The Hall–Kier alpha value is -5.48. The van der Waals surface area contributed by atoms with Gasteiger partial charge in [0.1, 0.15) is 11.5 Å². The number of benzene rings is 4. The highest BCUT2D eigenvalue weighted by Crippen LogP contribution is 2.33. The highest BCUT2D eigenvalue weighted by molar-refractivity contribution is 7.93. The largest absolute Gasteiger partial charge is 0.507 e. The molecule has 0 saturated carbocycles. The van der Waals surface area contributed by atoms with Crippen molar-refractivity contribution in [2.45, 2.75) is 40.5 Å². The Balaban J connectivity index is 0.000000184. The fourth-order valence-corrected chi connectivity index (χ4v) is 11.8. The monoisotopic (exact) mass is 872 g/mol. The molecule has 4 aromatic rings. The zero-order chi connectivity index (χ0) is 43.6. The number of aryl methyl sites for hydroxylation is 4. The lowest BCUT2D eigenvalue weighted by Gasteiger charge is -2.37. The number of methoxy groups -OCH3 is 1. The normalized spacial score (nSPS) is 18.5. The van der Waals surface area contributed by atoms with Gasteiger partial charge in [-0.2, -0.15) is 0 Å². The molecule has 0 spiro atoms. The molecule has 326 valence electrons. The van der Waals surface area contributed by atoms with Crippen LogP contribution in [0.1, 0.15) is 55.8 Å². The molecule has 14 nitrogen and oxygen atoms in total. The molecule has 0 aromatic heterocycles. The molecule has 0 unspecified atom stereocenters. The molecule has 4 aliphatic heterocycles. The van der Waals surface area contributed by atoms with Crippen LogP contribution in [0, 0.1) is 27.7 Å². The Bertz CT molecular complexity index is 2520. The molecule has 0 radical (unpaired) electrons. The molecular formula is C45H56N6O8S2. The highest BCUT2D eigenvalue weighted by Gasteiger charge is 2.32. The molecule has 4 heterocycles. The van der Waals surface area contributed by atoms with Gasteiger partial charge >= 0.3 is 0 Å². The number of carbonyl (C=O) groups excluding carboxylic acids is 2. The van der Waals surface area contributed by atoms with Crippen LogP contribution in [0.25, 0.3) is 0 Å². The van der Waals surface area contributed by atoms with Gasteiger partial charge in [-0.1, -0.05) is 35.4 Å². The Kier molecular flexibility index (Phi) is 12.8. The maximum Gasteiger partial charge on any atom is 0.257 e. The number of hydrogen-bond donors (Lipinski definition) is 1. The number of nitrogens with zero attached hydrogens (tertiary/aromatic N) is 6. The second-order valence-electron chi connectivity index (χ2n) is 16.2. The Morgan fingerprint density at radius 3 is 1.36 bits per heavy atom. The van der Waals surface area contributed by atoms with Gasteiger partial charge in [-0.15, -0.1) is 0 Å². The maximum absolute atomic E-state index is 13.2. The number of piperazine rings is 2. The summed E-state index contributed by atoms with van der Waals surface area (Å²) in [5, 5.41) is 10.4. The van der Waals surface area contributed by atoms with E-state index < -0.39 is 20.0 Å². The second kappa shape index (κ2) is 17.9. The van der Waals surface area contributed by atoms with Crippen LogP contribution in [0.3, 0.4) is 0 Å². The van der Waals surface area contributed by atoms with Crippen molar-refractivity contribution in [3.05, 3.63) is 106 Å². The summed E-state index contributed by atoms with van der Waals surface area (Å²) in [5.41, 5.74) is 8.95. The number of hydrogen-bond acceptors (Lipinski definition) is 10. The fraction of sp³-hybridized carbons (Fsp3) is 0.422. The molecule has 4 aliphatic rings. The third-order valence-electron chi connectivity index (χ3n) is 11.9. The van der Waals surface area contributed by atoms with E-state index in [0.29, 0.717) is 74.8 Å². The van der Waals surface area contributed by atoms with Crippen LogP contribution in [0.15, 0.2) is 72.8 Å². The Labute approximate surface area is 360 Å². The van der Waals surface area contributed by atoms with E-state index in [2.05, 4.69) is 73.9 Å². The SMILES string of the molecule is COc1cc(N2CCCS2(=O)=O)ccc1C(=O)N1CCN(c2ccc(C)cc2C)CC1.Cc1ccc(N2CCN(C(=O)c3ccc(N4CCCS4(=O)=O)cc3O)CC2)c(C)c1. The third-order valence-corrected chi connectivity index (χ3v) is 15.7. The summed E-state index contributed by atoms with van der Waals surface area (Å²) in [6, 6.07) is 22.4. The number of anilines is 4. The van der Waals surface area contributed by atoms with Gasteiger partial charge in [0.25, 0.3) is 11.8 Å². The molecule has 0 aliphatic carbocycles. The molecule has 8 rings (SSSR count). The molecule has 2 amide bonds. The van der Waals surface area contributed by atoms with Crippen molar-refractivity contribution in [3.63, 3.8) is 0 Å². The fourth-order valence-electron chi connectivity index (χ4n) is 8.69. The average Bonchev–Trinajstić information content (AvgIpc) is 3.79. The first kappa shape index (κ1) is 43.6. The van der Waals surface area contributed by atoms with Crippen molar-refractivity contribution in [2.24, 2.45) is 0 Å². The molecule has 0 atom stereocenters. The number of sulfonamides is 2. The zero-order valence-corrected chi connectivity index (χ0v) is 37.3. The summed E-state index contributed by atoms with van der Waals surface area (Å²) in [6.07, 6.45) is 1.17. The van der Waals surface area contributed by atoms with Crippen molar-refractivity contribution in [3.8, 4) is 11.5 Å². The van der Waals surface area contributed by atoms with Crippen LogP contribution in [0.2, 0.25) is 0 Å². The lowest BCUT2D eigenvalue weighted by molar-refractivity contribution is 0.0735. The van der Waals surface area contributed by atoms with Gasteiger partial charge in [0.2, 0.25) is 20.0 Å². The van der Waals surface area contributed by atoms with Crippen LogP contribution in [0.4, 0.5) is 22.7 Å². The van der Waals surface area contributed by atoms with E-state index in [4.69, 9.17) is 4.74 Å². The lowest BCUT2D eigenvalue weighted by atomic mass is 10.1. The number of rotatable bonds is 7. The Morgan fingerprint density at radius 1 is 0.541 bits per heavy atom. The van der Waals surface area contributed by atoms with E-state index in [-0.39, 0.29) is 34.6 Å². The van der Waals surface area contributed by atoms with E-state index in [1.54, 1.807) is 29.2 Å². The van der Waals surface area contributed by atoms with Crippen LogP contribution >= 0.6 is 0 Å². The third kappa shape index (κ3) is 9.39. The van der Waals surface area contributed by atoms with E-state index in [9.17, 15) is 31.5 Å². The predicted molar refractivity (Wildman–Crippen MR) is 241 cm³/mol. The van der Waals surface area contributed by atoms with Crippen LogP contribution in [0.5, 0.6) is 11.5 Å². The number of carbonyl (C=O) groups is 2. The summed E-state index contributed by atoms with van der Waals surface area (Å²) in [5.74, 6) is 0.161. The smallest absolute Gasteiger partial charge is 0.257 e. The van der Waals surface area contributed by atoms with Gasteiger partial charge in [-0.3, -0.25) is 18.2 Å². The molecule has 4 fully saturated rings. The van der Waals surface area contributed by atoms with Crippen molar-refractivity contribution in [1.82, 2.24) is 9.80 Å². The summed E-state index contributed by atoms with van der Waals surface area (Å²) in [6.45, 7) is 14.6. The van der Waals surface area contributed by atoms with Gasteiger partial charge in [-0.25, -0.2) is 16.8 Å². The maximum atomic E-state index is 13.2. The van der Waals surface area contributed by atoms with Crippen LogP contribution in [-0.2, 0) is 20.0 Å². The van der Waals surface area contributed by atoms with Gasteiger partial charge in [0.15, 0.2) is 0 Å². The highest BCUT2D eigenvalue weighted by atomic mass is 32.2. The topological polar surface area (TPSA) is 151 Å². The first-order valence-corrected chi connectivity index (χ1v) is 24.0. The van der Waals surface area contributed by atoms with E-state index >= 15 is 0 Å². The van der Waals surface area contributed by atoms with E-state index in [0.717, 1.165) is 26.2 Å². The number of phenolic OH excluding ortho intramolecular Hbond substituents is 1. The Morgan fingerprint density at radius 2 is 0.967 bits per heavy atom. The minimum Gasteiger partial charge on any atom is -0.507 e. The first-order valence-electron chi connectivity index (χ1n) is 20.8. The van der Waals surface area contributed by atoms with Gasteiger partial charge in [0, 0.05) is 89.0 Å². The molecule has 61 heavy (non-hydrogen) atoms. The van der Waals surface area contributed by atoms with Gasteiger partial charge < -0.3 is 29.4 Å². The van der Waals surface area contributed by atoms with Crippen molar-refractivity contribution < 1.29 is 36.3 Å². The lowest BCUT2D eigenvalue weighted by Crippen LogP contribution is -2.49. The number of aromatic hydroxyl groups is 1. The van der Waals surface area contributed by atoms with Crippen molar-refractivity contribution >= 4 is 54.6 Å². The number of phenols is 1. The molecular weight excluding hydrogens is 817 g/mol. The molecule has 0 bridgehead atoms. The van der Waals surface area contributed by atoms with E-state index in [1.165, 1.54) is 61.5 Å². The molecule has 4 saturated heterocycles. The van der Waals surface area contributed by atoms with Crippen molar-refractivity contribution in [2.75, 3.05) is 102 Å². The molecule has 4 aromatic carbocycles.